The summed E-state index contributed by atoms with van der Waals surface area (Å²) in [6.45, 7) is 9.29. The normalized spacial score (nSPS) is 11.2. The molecule has 0 aromatic carbocycles. The largest absolute Gasteiger partial charge is 0.465 e. The van der Waals surface area contributed by atoms with Crippen molar-refractivity contribution in [3.05, 3.63) is 15.6 Å². The summed E-state index contributed by atoms with van der Waals surface area (Å²) in [5, 5.41) is 0.739. The third kappa shape index (κ3) is 3.56. The molecule has 0 bridgehead atoms. The molecule has 0 saturated carbocycles. The molecule has 0 aliphatic rings. The summed E-state index contributed by atoms with van der Waals surface area (Å²) in [6.07, 6.45) is 0.198. The van der Waals surface area contributed by atoms with Gasteiger partial charge in [0.25, 0.3) is 0 Å². The summed E-state index contributed by atoms with van der Waals surface area (Å²) >= 11 is 1.49. The third-order valence-electron chi connectivity index (χ3n) is 3.03. The summed E-state index contributed by atoms with van der Waals surface area (Å²) < 4.78 is 10.0. The fourth-order valence-corrected chi connectivity index (χ4v) is 2.82. The Bertz CT molecular complexity index is 458. The molecule has 1 rings (SSSR count). The number of carbonyl (C=O) groups is 2. The van der Waals surface area contributed by atoms with Crippen LogP contribution in [0.25, 0.3) is 0 Å². The van der Waals surface area contributed by atoms with Gasteiger partial charge in [0.15, 0.2) is 5.41 Å². The van der Waals surface area contributed by atoms with Crippen LogP contribution in [-0.4, -0.2) is 30.1 Å². The van der Waals surface area contributed by atoms with Crippen LogP contribution in [-0.2, 0) is 25.5 Å². The number of aromatic nitrogens is 1. The minimum Gasteiger partial charge on any atom is -0.465 e. The van der Waals surface area contributed by atoms with Crippen LogP contribution in [0.15, 0.2) is 0 Å². The van der Waals surface area contributed by atoms with E-state index in [2.05, 4.69) is 4.98 Å². The van der Waals surface area contributed by atoms with Gasteiger partial charge in [-0.1, -0.05) is 0 Å². The van der Waals surface area contributed by atoms with E-state index < -0.39 is 17.4 Å². The first-order valence-electron chi connectivity index (χ1n) is 6.62. The second kappa shape index (κ2) is 6.83. The van der Waals surface area contributed by atoms with E-state index in [0.717, 1.165) is 15.6 Å². The number of nitrogens with zero attached hydrogens (tertiary/aromatic N) is 1. The summed E-state index contributed by atoms with van der Waals surface area (Å²) in [5.41, 5.74) is -0.428. The highest BCUT2D eigenvalue weighted by molar-refractivity contribution is 7.11. The molecule has 0 amide bonds. The first-order chi connectivity index (χ1) is 9.35. The Hall–Kier alpha value is -1.43. The highest BCUT2D eigenvalue weighted by atomic mass is 32.1. The van der Waals surface area contributed by atoms with Crippen molar-refractivity contribution in [2.75, 3.05) is 13.2 Å². The lowest BCUT2D eigenvalue weighted by atomic mass is 9.87. The van der Waals surface area contributed by atoms with Crippen LogP contribution in [0.5, 0.6) is 0 Å². The number of esters is 2. The van der Waals surface area contributed by atoms with Gasteiger partial charge in [0, 0.05) is 11.3 Å². The molecule has 0 atom stereocenters. The van der Waals surface area contributed by atoms with Crippen molar-refractivity contribution < 1.29 is 19.1 Å². The van der Waals surface area contributed by atoms with Gasteiger partial charge in [0.05, 0.1) is 23.9 Å². The maximum Gasteiger partial charge on any atom is 0.323 e. The molecule has 20 heavy (non-hydrogen) atoms. The van der Waals surface area contributed by atoms with Gasteiger partial charge in [0.1, 0.15) is 0 Å². The van der Waals surface area contributed by atoms with Crippen LogP contribution in [0, 0.1) is 19.3 Å². The number of hydrogen-bond donors (Lipinski definition) is 0. The lowest BCUT2D eigenvalue weighted by molar-refractivity contribution is -0.170. The number of thiazole rings is 1. The van der Waals surface area contributed by atoms with Crippen molar-refractivity contribution in [2.45, 2.75) is 41.0 Å². The van der Waals surface area contributed by atoms with E-state index in [1.54, 1.807) is 20.8 Å². The standard InChI is InChI=1S/C14H21NO4S/c1-6-18-12(16)14(5,13(17)19-7-2)8-11-15-9(3)10(4)20-11/h6-8H2,1-5H3. The Kier molecular flexibility index (Phi) is 5.68. The lowest BCUT2D eigenvalue weighted by Crippen LogP contribution is -2.41. The molecule has 1 aromatic rings. The molecular formula is C14H21NO4S. The average molecular weight is 299 g/mol. The van der Waals surface area contributed by atoms with E-state index in [4.69, 9.17) is 9.47 Å². The Balaban J connectivity index is 3.03. The molecule has 1 heterocycles. The number of carbonyl (C=O) groups excluding carboxylic acids is 2. The highest BCUT2D eigenvalue weighted by Crippen LogP contribution is 2.29. The topological polar surface area (TPSA) is 65.5 Å². The zero-order valence-corrected chi connectivity index (χ0v) is 13.4. The number of aryl methyl sites for hydroxylation is 2. The Morgan fingerprint density at radius 1 is 1.15 bits per heavy atom. The van der Waals surface area contributed by atoms with Crippen LogP contribution in [0.4, 0.5) is 0 Å². The van der Waals surface area contributed by atoms with Crippen LogP contribution in [0.3, 0.4) is 0 Å². The van der Waals surface area contributed by atoms with Crippen molar-refractivity contribution in [3.8, 4) is 0 Å². The molecule has 1 aromatic heterocycles. The molecule has 0 aliphatic heterocycles. The number of rotatable bonds is 6. The molecular weight excluding hydrogens is 278 g/mol. The zero-order chi connectivity index (χ0) is 15.3. The van der Waals surface area contributed by atoms with Gasteiger partial charge in [-0.2, -0.15) is 0 Å². The van der Waals surface area contributed by atoms with Gasteiger partial charge in [-0.3, -0.25) is 9.59 Å². The maximum absolute atomic E-state index is 12.1. The average Bonchev–Trinajstić information content (AvgIpc) is 2.68. The molecule has 0 aliphatic carbocycles. The molecule has 112 valence electrons. The second-order valence-electron chi connectivity index (χ2n) is 4.70. The fourth-order valence-electron chi connectivity index (χ4n) is 1.73. The monoisotopic (exact) mass is 299 g/mol. The summed E-state index contributed by atoms with van der Waals surface area (Å²) in [6, 6.07) is 0. The molecule has 0 N–H and O–H groups in total. The van der Waals surface area contributed by atoms with Gasteiger partial charge in [-0.15, -0.1) is 11.3 Å². The quantitative estimate of drug-likeness (QED) is 0.596. The van der Waals surface area contributed by atoms with Gasteiger partial charge < -0.3 is 9.47 Å². The minimum atomic E-state index is -1.34. The van der Waals surface area contributed by atoms with E-state index >= 15 is 0 Å². The molecule has 6 heteroatoms. The fraction of sp³-hybridized carbons (Fsp3) is 0.643. The highest BCUT2D eigenvalue weighted by Gasteiger charge is 2.45. The molecule has 0 unspecified atom stereocenters. The molecule has 0 radical (unpaired) electrons. The van der Waals surface area contributed by atoms with E-state index in [9.17, 15) is 9.59 Å². The third-order valence-corrected chi connectivity index (χ3v) is 4.10. The van der Waals surface area contributed by atoms with Gasteiger partial charge in [-0.05, 0) is 34.6 Å². The van der Waals surface area contributed by atoms with Gasteiger partial charge in [0.2, 0.25) is 0 Å². The summed E-state index contributed by atoms with van der Waals surface area (Å²) in [4.78, 5) is 29.7. The van der Waals surface area contributed by atoms with E-state index in [1.165, 1.54) is 11.3 Å². The maximum atomic E-state index is 12.1. The van der Waals surface area contributed by atoms with Crippen molar-refractivity contribution in [2.24, 2.45) is 5.41 Å². The molecule has 0 saturated heterocycles. The summed E-state index contributed by atoms with van der Waals surface area (Å²) in [7, 11) is 0. The smallest absolute Gasteiger partial charge is 0.323 e. The Morgan fingerprint density at radius 2 is 1.65 bits per heavy atom. The van der Waals surface area contributed by atoms with E-state index in [1.807, 2.05) is 13.8 Å². The predicted molar refractivity (Wildman–Crippen MR) is 76.7 cm³/mol. The predicted octanol–water partition coefficient (Wildman–Crippen LogP) is 2.43. The van der Waals surface area contributed by atoms with Crippen molar-refractivity contribution in [1.29, 1.82) is 0 Å². The van der Waals surface area contributed by atoms with Gasteiger partial charge >= 0.3 is 11.9 Å². The molecule has 5 nitrogen and oxygen atoms in total. The van der Waals surface area contributed by atoms with E-state index in [-0.39, 0.29) is 19.6 Å². The van der Waals surface area contributed by atoms with Crippen molar-refractivity contribution in [1.82, 2.24) is 4.98 Å². The van der Waals surface area contributed by atoms with Crippen LogP contribution in [0.1, 0.15) is 36.3 Å². The number of ether oxygens (including phenoxy) is 2. The minimum absolute atomic E-state index is 0.198. The first kappa shape index (κ1) is 16.6. The van der Waals surface area contributed by atoms with Crippen LogP contribution in [0.2, 0.25) is 0 Å². The van der Waals surface area contributed by atoms with Crippen molar-refractivity contribution >= 4 is 23.3 Å². The number of hydrogen-bond acceptors (Lipinski definition) is 6. The Morgan fingerprint density at radius 3 is 2.00 bits per heavy atom. The zero-order valence-electron chi connectivity index (χ0n) is 12.6. The molecule has 0 fully saturated rings. The van der Waals surface area contributed by atoms with Crippen LogP contribution < -0.4 is 0 Å². The van der Waals surface area contributed by atoms with E-state index in [0.29, 0.717) is 0 Å². The lowest BCUT2D eigenvalue weighted by Gasteiger charge is -2.23. The molecule has 0 spiro atoms. The Labute approximate surface area is 123 Å². The second-order valence-corrected chi connectivity index (χ2v) is 5.99. The van der Waals surface area contributed by atoms with Crippen LogP contribution >= 0.6 is 11.3 Å². The first-order valence-corrected chi connectivity index (χ1v) is 7.44. The van der Waals surface area contributed by atoms with Gasteiger partial charge in [-0.25, -0.2) is 4.98 Å². The summed E-state index contributed by atoms with van der Waals surface area (Å²) in [5.74, 6) is -1.13. The SMILES string of the molecule is CCOC(=O)C(C)(Cc1nc(C)c(C)s1)C(=O)OCC. The van der Waals surface area contributed by atoms with Crippen molar-refractivity contribution in [3.63, 3.8) is 0 Å².